The van der Waals surface area contributed by atoms with Gasteiger partial charge in [-0.15, -0.1) is 0 Å². The summed E-state index contributed by atoms with van der Waals surface area (Å²) in [5, 5.41) is 0. The van der Waals surface area contributed by atoms with Crippen molar-refractivity contribution in [2.24, 2.45) is 13.0 Å². The standard InChI is InChI=1S/C17H20N2O2/c1-11-7-16(21-10-12-3-4-12)14(8-15(11)18)13-5-6-17(20)19(2)9-13/h5-9,12H,3-4,10,18H2,1-2H3. The number of nitrogens with zero attached hydrogens (tertiary/aromatic N) is 1. The van der Waals surface area contributed by atoms with E-state index in [2.05, 4.69) is 0 Å². The molecule has 1 saturated carbocycles. The molecule has 21 heavy (non-hydrogen) atoms. The van der Waals surface area contributed by atoms with Crippen molar-refractivity contribution in [3.8, 4) is 16.9 Å². The first-order valence-electron chi connectivity index (χ1n) is 7.24. The molecule has 110 valence electrons. The van der Waals surface area contributed by atoms with Gasteiger partial charge in [0.2, 0.25) is 5.56 Å². The van der Waals surface area contributed by atoms with Crippen molar-refractivity contribution < 1.29 is 4.74 Å². The fraction of sp³-hybridized carbons (Fsp3) is 0.353. The van der Waals surface area contributed by atoms with Gasteiger partial charge in [0, 0.05) is 36.1 Å². The summed E-state index contributed by atoms with van der Waals surface area (Å²) in [6.07, 6.45) is 4.32. The molecule has 0 unspecified atom stereocenters. The number of rotatable bonds is 4. The van der Waals surface area contributed by atoms with Gasteiger partial charge in [-0.05, 0) is 49.4 Å². The first kappa shape index (κ1) is 13.7. The van der Waals surface area contributed by atoms with Crippen molar-refractivity contribution in [2.75, 3.05) is 12.3 Å². The van der Waals surface area contributed by atoms with Crippen molar-refractivity contribution >= 4 is 5.69 Å². The topological polar surface area (TPSA) is 57.2 Å². The van der Waals surface area contributed by atoms with Crippen LogP contribution < -0.4 is 16.0 Å². The lowest BCUT2D eigenvalue weighted by Gasteiger charge is -2.14. The minimum Gasteiger partial charge on any atom is -0.493 e. The van der Waals surface area contributed by atoms with Crippen LogP contribution in [0.1, 0.15) is 18.4 Å². The van der Waals surface area contributed by atoms with Crippen LogP contribution >= 0.6 is 0 Å². The van der Waals surface area contributed by atoms with Crippen molar-refractivity contribution in [3.63, 3.8) is 0 Å². The molecule has 0 atom stereocenters. The number of nitrogen functional groups attached to an aromatic ring is 1. The van der Waals surface area contributed by atoms with Gasteiger partial charge in [0.15, 0.2) is 0 Å². The number of anilines is 1. The summed E-state index contributed by atoms with van der Waals surface area (Å²) in [5.74, 6) is 1.53. The summed E-state index contributed by atoms with van der Waals surface area (Å²) in [5.41, 5.74) is 9.63. The van der Waals surface area contributed by atoms with Gasteiger partial charge in [-0.1, -0.05) is 0 Å². The minimum atomic E-state index is -0.0284. The second-order valence-electron chi connectivity index (χ2n) is 5.83. The van der Waals surface area contributed by atoms with Gasteiger partial charge >= 0.3 is 0 Å². The van der Waals surface area contributed by atoms with E-state index in [0.29, 0.717) is 5.92 Å². The Morgan fingerprint density at radius 2 is 2.10 bits per heavy atom. The van der Waals surface area contributed by atoms with Crippen molar-refractivity contribution in [2.45, 2.75) is 19.8 Å². The summed E-state index contributed by atoms with van der Waals surface area (Å²) in [6, 6.07) is 7.29. The molecular formula is C17H20N2O2. The molecule has 0 bridgehead atoms. The Labute approximate surface area is 124 Å². The number of pyridine rings is 1. The Morgan fingerprint density at radius 3 is 2.76 bits per heavy atom. The number of ether oxygens (including phenoxy) is 1. The van der Waals surface area contributed by atoms with Crippen LogP contribution in [0.2, 0.25) is 0 Å². The molecule has 0 radical (unpaired) electrons. The number of aryl methyl sites for hydroxylation is 2. The molecule has 2 N–H and O–H groups in total. The van der Waals surface area contributed by atoms with Crippen LogP contribution in [0.25, 0.3) is 11.1 Å². The highest BCUT2D eigenvalue weighted by Gasteiger charge is 2.22. The zero-order valence-corrected chi connectivity index (χ0v) is 12.4. The average molecular weight is 284 g/mol. The second kappa shape index (κ2) is 5.28. The third kappa shape index (κ3) is 2.94. The Kier molecular flexibility index (Phi) is 3.45. The summed E-state index contributed by atoms with van der Waals surface area (Å²) in [7, 11) is 1.74. The lowest BCUT2D eigenvalue weighted by molar-refractivity contribution is 0.301. The molecule has 1 heterocycles. The third-order valence-electron chi connectivity index (χ3n) is 3.94. The largest absolute Gasteiger partial charge is 0.493 e. The fourth-order valence-corrected chi connectivity index (χ4v) is 2.29. The molecule has 4 nitrogen and oxygen atoms in total. The number of hydrogen-bond donors (Lipinski definition) is 1. The van der Waals surface area contributed by atoms with Gasteiger partial charge in [-0.3, -0.25) is 4.79 Å². The van der Waals surface area contributed by atoms with E-state index in [9.17, 15) is 4.79 Å². The van der Waals surface area contributed by atoms with Crippen molar-refractivity contribution in [1.29, 1.82) is 0 Å². The Morgan fingerprint density at radius 1 is 1.33 bits per heavy atom. The third-order valence-corrected chi connectivity index (χ3v) is 3.94. The summed E-state index contributed by atoms with van der Waals surface area (Å²) in [6.45, 7) is 2.73. The Balaban J connectivity index is 2.03. The van der Waals surface area contributed by atoms with Crippen LogP contribution in [0.5, 0.6) is 5.75 Å². The molecule has 1 aromatic carbocycles. The van der Waals surface area contributed by atoms with Gasteiger partial charge in [-0.25, -0.2) is 0 Å². The first-order chi connectivity index (χ1) is 10.0. The highest BCUT2D eigenvalue weighted by molar-refractivity contribution is 5.75. The smallest absolute Gasteiger partial charge is 0.250 e. The molecular weight excluding hydrogens is 264 g/mol. The summed E-state index contributed by atoms with van der Waals surface area (Å²) in [4.78, 5) is 11.5. The highest BCUT2D eigenvalue weighted by Crippen LogP contribution is 2.36. The minimum absolute atomic E-state index is 0.0284. The number of nitrogens with two attached hydrogens (primary N) is 1. The van der Waals surface area contributed by atoms with Crippen LogP contribution in [0.3, 0.4) is 0 Å². The van der Waals surface area contributed by atoms with Gasteiger partial charge in [0.25, 0.3) is 0 Å². The zero-order valence-electron chi connectivity index (χ0n) is 12.4. The average Bonchev–Trinajstić information content (AvgIpc) is 3.27. The van der Waals surface area contributed by atoms with Gasteiger partial charge in [-0.2, -0.15) is 0 Å². The first-order valence-corrected chi connectivity index (χ1v) is 7.24. The SMILES string of the molecule is Cc1cc(OCC2CC2)c(-c2ccc(=O)n(C)c2)cc1N. The number of aromatic nitrogens is 1. The van der Waals surface area contributed by atoms with E-state index in [4.69, 9.17) is 10.5 Å². The lowest BCUT2D eigenvalue weighted by Crippen LogP contribution is -2.14. The van der Waals surface area contributed by atoms with Crippen LogP contribution in [0.4, 0.5) is 5.69 Å². The second-order valence-corrected chi connectivity index (χ2v) is 5.83. The van der Waals surface area contributed by atoms with Crippen molar-refractivity contribution in [3.05, 3.63) is 46.4 Å². The number of hydrogen-bond acceptors (Lipinski definition) is 3. The predicted molar refractivity (Wildman–Crippen MR) is 84.5 cm³/mol. The maximum Gasteiger partial charge on any atom is 0.250 e. The molecule has 1 fully saturated rings. The van der Waals surface area contributed by atoms with Gasteiger partial charge in [0.05, 0.1) is 6.61 Å². The molecule has 1 aliphatic carbocycles. The van der Waals surface area contributed by atoms with E-state index >= 15 is 0 Å². The predicted octanol–water partition coefficient (Wildman–Crippen LogP) is 2.73. The normalized spacial score (nSPS) is 14.2. The van der Waals surface area contributed by atoms with Crippen LogP contribution in [-0.4, -0.2) is 11.2 Å². The summed E-state index contributed by atoms with van der Waals surface area (Å²) < 4.78 is 7.54. The van der Waals surface area contributed by atoms with Crippen LogP contribution in [-0.2, 0) is 7.05 Å². The van der Waals surface area contributed by atoms with E-state index in [1.807, 2.05) is 31.3 Å². The van der Waals surface area contributed by atoms with Crippen LogP contribution in [0, 0.1) is 12.8 Å². The van der Waals surface area contributed by atoms with Crippen molar-refractivity contribution in [1.82, 2.24) is 4.57 Å². The molecule has 0 saturated heterocycles. The quantitative estimate of drug-likeness (QED) is 0.878. The van der Waals surface area contributed by atoms with Gasteiger partial charge in [0.1, 0.15) is 5.75 Å². The highest BCUT2D eigenvalue weighted by atomic mass is 16.5. The molecule has 3 rings (SSSR count). The molecule has 1 aromatic heterocycles. The Bertz CT molecular complexity index is 730. The monoisotopic (exact) mass is 284 g/mol. The molecule has 0 spiro atoms. The Hall–Kier alpha value is -2.23. The molecule has 2 aromatic rings. The molecule has 0 aliphatic heterocycles. The maximum atomic E-state index is 11.5. The lowest BCUT2D eigenvalue weighted by atomic mass is 10.0. The van der Waals surface area contributed by atoms with E-state index in [0.717, 1.165) is 34.7 Å². The van der Waals surface area contributed by atoms with E-state index in [1.165, 1.54) is 12.8 Å². The fourth-order valence-electron chi connectivity index (χ4n) is 2.29. The summed E-state index contributed by atoms with van der Waals surface area (Å²) >= 11 is 0. The van der Waals surface area contributed by atoms with E-state index in [-0.39, 0.29) is 5.56 Å². The molecule has 1 aliphatic rings. The zero-order chi connectivity index (χ0) is 15.0. The number of benzene rings is 1. The van der Waals surface area contributed by atoms with Crippen LogP contribution in [0.15, 0.2) is 35.3 Å². The van der Waals surface area contributed by atoms with Gasteiger partial charge < -0.3 is 15.0 Å². The molecule has 4 heteroatoms. The van der Waals surface area contributed by atoms with E-state index in [1.54, 1.807) is 17.7 Å². The maximum absolute atomic E-state index is 11.5. The molecule has 0 amide bonds. The van der Waals surface area contributed by atoms with E-state index < -0.39 is 0 Å².